The Labute approximate surface area is 127 Å². The van der Waals surface area contributed by atoms with Gasteiger partial charge < -0.3 is 5.32 Å². The highest BCUT2D eigenvalue weighted by Gasteiger charge is 2.20. The molecule has 108 valence electrons. The van der Waals surface area contributed by atoms with Crippen molar-refractivity contribution >= 4 is 28.2 Å². The van der Waals surface area contributed by atoms with Crippen molar-refractivity contribution in [1.29, 1.82) is 0 Å². The van der Waals surface area contributed by atoms with Crippen LogP contribution in [0.4, 0.5) is 5.13 Å². The van der Waals surface area contributed by atoms with Gasteiger partial charge in [0.05, 0.1) is 6.54 Å². The smallest absolute Gasteiger partial charge is 0.292 e. The lowest BCUT2D eigenvalue weighted by Crippen LogP contribution is -2.36. The molecular weight excluding hydrogens is 284 g/mol. The molecule has 21 heavy (non-hydrogen) atoms. The number of hydrogen-bond acceptors (Lipinski definition) is 5. The number of anilines is 1. The second-order valence-electron chi connectivity index (χ2n) is 4.98. The van der Waals surface area contributed by atoms with Crippen LogP contribution >= 0.6 is 11.3 Å². The maximum Gasteiger partial charge on any atom is 0.292 e. The molecule has 1 amide bonds. The summed E-state index contributed by atoms with van der Waals surface area (Å²) in [4.78, 5) is 21.5. The van der Waals surface area contributed by atoms with Gasteiger partial charge >= 0.3 is 0 Å². The van der Waals surface area contributed by atoms with E-state index in [2.05, 4.69) is 32.7 Å². The summed E-state index contributed by atoms with van der Waals surface area (Å²) in [7, 11) is 0. The fourth-order valence-corrected chi connectivity index (χ4v) is 2.93. The van der Waals surface area contributed by atoms with Gasteiger partial charge in [-0.25, -0.2) is 4.98 Å². The van der Waals surface area contributed by atoms with Gasteiger partial charge in [-0.15, -0.1) is 11.3 Å². The first kappa shape index (κ1) is 13.8. The molecule has 0 radical (unpaired) electrons. The predicted molar refractivity (Wildman–Crippen MR) is 84.9 cm³/mol. The summed E-state index contributed by atoms with van der Waals surface area (Å²) in [5.41, 5.74) is 1.23. The van der Waals surface area contributed by atoms with Gasteiger partial charge in [0, 0.05) is 23.5 Å². The highest BCUT2D eigenvalue weighted by molar-refractivity contribution is 7.15. The molecule has 2 aromatic rings. The molecule has 5 nitrogen and oxygen atoms in total. The minimum atomic E-state index is -0.222. The number of aromatic nitrogens is 1. The topological polar surface area (TPSA) is 66.4 Å². The largest absolute Gasteiger partial charge is 0.361 e. The summed E-state index contributed by atoms with van der Waals surface area (Å²) >= 11 is 1.49. The Hall–Kier alpha value is -2.21. The van der Waals surface area contributed by atoms with Crippen molar-refractivity contribution in [1.82, 2.24) is 10.3 Å². The van der Waals surface area contributed by atoms with Crippen LogP contribution in [0.25, 0.3) is 0 Å². The fourth-order valence-electron chi connectivity index (χ4n) is 2.09. The van der Waals surface area contributed by atoms with Crippen LogP contribution in [0.15, 0.2) is 41.5 Å². The van der Waals surface area contributed by atoms with Gasteiger partial charge in [-0.1, -0.05) is 30.3 Å². The van der Waals surface area contributed by atoms with Crippen LogP contribution in [0.1, 0.15) is 17.4 Å². The lowest BCUT2D eigenvalue weighted by atomic mass is 10.1. The Morgan fingerprint density at radius 1 is 1.43 bits per heavy atom. The summed E-state index contributed by atoms with van der Waals surface area (Å²) < 4.78 is 0. The van der Waals surface area contributed by atoms with Gasteiger partial charge in [-0.05, 0) is 12.5 Å². The van der Waals surface area contributed by atoms with E-state index in [-0.39, 0.29) is 11.9 Å². The van der Waals surface area contributed by atoms with Crippen LogP contribution < -0.4 is 10.6 Å². The average molecular weight is 300 g/mol. The second kappa shape index (κ2) is 6.05. The number of aliphatic imine (C=N–C) groups is 1. The quantitative estimate of drug-likeness (QED) is 0.908. The molecule has 0 bridgehead atoms. The Balaban J connectivity index is 1.61. The third-order valence-corrected chi connectivity index (χ3v) is 4.03. The number of nitrogens with one attached hydrogen (secondary N) is 2. The van der Waals surface area contributed by atoms with Crippen molar-refractivity contribution in [3.05, 3.63) is 47.0 Å². The lowest BCUT2D eigenvalue weighted by Gasteiger charge is -2.04. The normalized spacial score (nSPS) is 17.2. The first-order valence-electron chi connectivity index (χ1n) is 6.81. The molecule has 0 fully saturated rings. The van der Waals surface area contributed by atoms with Crippen LogP contribution in [-0.4, -0.2) is 29.3 Å². The van der Waals surface area contributed by atoms with E-state index in [4.69, 9.17) is 0 Å². The summed E-state index contributed by atoms with van der Waals surface area (Å²) in [5.74, 6) is 0.169. The van der Waals surface area contributed by atoms with E-state index in [9.17, 15) is 4.79 Å². The fraction of sp³-hybridized carbons (Fsp3) is 0.267. The number of hydrogen-bond donors (Lipinski definition) is 2. The van der Waals surface area contributed by atoms with E-state index in [1.807, 2.05) is 25.1 Å². The van der Waals surface area contributed by atoms with Crippen molar-refractivity contribution in [3.8, 4) is 0 Å². The minimum absolute atomic E-state index is 0.218. The number of rotatable bonds is 4. The van der Waals surface area contributed by atoms with Crippen LogP contribution in [0, 0.1) is 0 Å². The molecule has 2 heterocycles. The average Bonchev–Trinajstić information content (AvgIpc) is 3.09. The molecule has 0 saturated heterocycles. The zero-order chi connectivity index (χ0) is 14.7. The number of benzene rings is 1. The molecule has 0 aliphatic carbocycles. The van der Waals surface area contributed by atoms with Crippen LogP contribution in [0.2, 0.25) is 0 Å². The first-order chi connectivity index (χ1) is 10.2. The van der Waals surface area contributed by atoms with Crippen molar-refractivity contribution < 1.29 is 4.79 Å². The molecule has 1 aliphatic heterocycles. The van der Waals surface area contributed by atoms with Crippen LogP contribution in [0.5, 0.6) is 0 Å². The van der Waals surface area contributed by atoms with E-state index in [0.717, 1.165) is 11.3 Å². The zero-order valence-electron chi connectivity index (χ0n) is 11.7. The van der Waals surface area contributed by atoms with Gasteiger partial charge in [-0.3, -0.25) is 15.1 Å². The van der Waals surface area contributed by atoms with Gasteiger partial charge in [0.15, 0.2) is 11.0 Å². The number of carbonyl (C=O) groups excluding carboxylic acids is 1. The monoisotopic (exact) mass is 300 g/mol. The molecule has 0 saturated carbocycles. The van der Waals surface area contributed by atoms with E-state index in [0.29, 0.717) is 17.5 Å². The van der Waals surface area contributed by atoms with Crippen molar-refractivity contribution in [2.24, 2.45) is 4.99 Å². The Morgan fingerprint density at radius 3 is 2.95 bits per heavy atom. The van der Waals surface area contributed by atoms with E-state index >= 15 is 0 Å². The number of amidine groups is 1. The van der Waals surface area contributed by atoms with Crippen LogP contribution in [0.3, 0.4) is 0 Å². The third kappa shape index (κ3) is 3.46. The maximum atomic E-state index is 12.0. The first-order valence-corrected chi connectivity index (χ1v) is 7.63. The molecule has 0 spiro atoms. The van der Waals surface area contributed by atoms with Gasteiger partial charge in [0.2, 0.25) is 0 Å². The van der Waals surface area contributed by atoms with Crippen molar-refractivity contribution in [2.75, 3.05) is 11.9 Å². The summed E-state index contributed by atoms with van der Waals surface area (Å²) in [6, 6.07) is 10.4. The van der Waals surface area contributed by atoms with Crippen molar-refractivity contribution in [2.45, 2.75) is 19.4 Å². The SMILES string of the molecule is CC1CN=C(C(=O)Nc2ncc(Cc3ccccc3)s2)N1. The summed E-state index contributed by atoms with van der Waals surface area (Å²) in [5, 5.41) is 6.43. The number of nitrogens with zero attached hydrogens (tertiary/aromatic N) is 2. The Morgan fingerprint density at radius 2 is 2.24 bits per heavy atom. The summed E-state index contributed by atoms with van der Waals surface area (Å²) in [6.45, 7) is 2.63. The van der Waals surface area contributed by atoms with E-state index < -0.39 is 0 Å². The minimum Gasteiger partial charge on any atom is -0.361 e. The third-order valence-electron chi connectivity index (χ3n) is 3.12. The molecule has 1 aliphatic rings. The lowest BCUT2D eigenvalue weighted by molar-refractivity contribution is -0.110. The van der Waals surface area contributed by atoms with E-state index in [1.54, 1.807) is 6.20 Å². The standard InChI is InChI=1S/C15H16N4OS/c1-10-8-16-13(18-10)14(20)19-15-17-9-12(21-15)7-11-5-3-2-4-6-11/h2-6,9-10H,7-8H2,1H3,(H,16,18)(H,17,19,20). The number of amides is 1. The zero-order valence-corrected chi connectivity index (χ0v) is 12.5. The molecule has 1 aromatic heterocycles. The molecule has 6 heteroatoms. The highest BCUT2D eigenvalue weighted by Crippen LogP contribution is 2.21. The number of thiazole rings is 1. The van der Waals surface area contributed by atoms with Gasteiger partial charge in [0.1, 0.15) is 0 Å². The molecule has 1 unspecified atom stereocenters. The second-order valence-corrected chi connectivity index (χ2v) is 6.10. The Bertz CT molecular complexity index is 665. The van der Waals surface area contributed by atoms with Gasteiger partial charge in [0.25, 0.3) is 5.91 Å². The molecule has 3 rings (SSSR count). The Kier molecular flexibility index (Phi) is 3.96. The van der Waals surface area contributed by atoms with Crippen LogP contribution in [-0.2, 0) is 11.2 Å². The molecule has 1 aromatic carbocycles. The summed E-state index contributed by atoms with van der Waals surface area (Å²) in [6.07, 6.45) is 2.63. The molecular formula is C15H16N4OS. The maximum absolute atomic E-state index is 12.0. The predicted octanol–water partition coefficient (Wildman–Crippen LogP) is 2.06. The molecule has 1 atom stereocenters. The highest BCUT2D eigenvalue weighted by atomic mass is 32.1. The van der Waals surface area contributed by atoms with Gasteiger partial charge in [-0.2, -0.15) is 0 Å². The van der Waals surface area contributed by atoms with E-state index in [1.165, 1.54) is 16.9 Å². The molecule has 2 N–H and O–H groups in total. The number of carbonyl (C=O) groups is 1. The van der Waals surface area contributed by atoms with Crippen molar-refractivity contribution in [3.63, 3.8) is 0 Å².